The Morgan fingerprint density at radius 2 is 2.24 bits per heavy atom. The number of aromatic nitrogens is 2. The van der Waals surface area contributed by atoms with E-state index in [0.717, 1.165) is 22.4 Å². The SMILES string of the molecule is CNC(C(N)=O)c1ccc2c(c1)nc(C)n2C. The molecule has 0 aliphatic heterocycles. The molecule has 0 saturated carbocycles. The number of hydrogen-bond acceptors (Lipinski definition) is 3. The number of benzene rings is 1. The van der Waals surface area contributed by atoms with Gasteiger partial charge < -0.3 is 15.6 Å². The predicted molar refractivity (Wildman–Crippen MR) is 66.4 cm³/mol. The van der Waals surface area contributed by atoms with Gasteiger partial charge in [-0.15, -0.1) is 0 Å². The van der Waals surface area contributed by atoms with Crippen molar-refractivity contribution in [2.75, 3.05) is 7.05 Å². The quantitative estimate of drug-likeness (QED) is 0.815. The molecule has 0 aliphatic rings. The third kappa shape index (κ3) is 1.89. The van der Waals surface area contributed by atoms with E-state index in [4.69, 9.17) is 5.73 Å². The number of primary amides is 1. The van der Waals surface area contributed by atoms with Crippen molar-refractivity contribution in [1.82, 2.24) is 14.9 Å². The second-order valence-corrected chi connectivity index (χ2v) is 4.09. The van der Waals surface area contributed by atoms with Gasteiger partial charge in [-0.2, -0.15) is 0 Å². The normalized spacial score (nSPS) is 12.9. The van der Waals surface area contributed by atoms with E-state index in [2.05, 4.69) is 10.3 Å². The Morgan fingerprint density at radius 3 is 2.82 bits per heavy atom. The number of rotatable bonds is 3. The number of imidazole rings is 1. The first kappa shape index (κ1) is 11.6. The van der Waals surface area contributed by atoms with E-state index in [0.29, 0.717) is 0 Å². The number of likely N-dealkylation sites (N-methyl/N-ethyl adjacent to an activating group) is 1. The molecule has 0 saturated heterocycles. The molecule has 1 amide bonds. The van der Waals surface area contributed by atoms with E-state index in [9.17, 15) is 4.79 Å². The highest BCUT2D eigenvalue weighted by Gasteiger charge is 2.16. The average molecular weight is 232 g/mol. The summed E-state index contributed by atoms with van der Waals surface area (Å²) in [5.41, 5.74) is 8.10. The van der Waals surface area contributed by atoms with E-state index in [-0.39, 0.29) is 5.91 Å². The number of nitrogens with two attached hydrogens (primary N) is 1. The molecule has 1 atom stereocenters. The fourth-order valence-electron chi connectivity index (χ4n) is 1.99. The Labute approximate surface area is 99.6 Å². The molecular formula is C12H16N4O. The number of fused-ring (bicyclic) bond motifs is 1. The second-order valence-electron chi connectivity index (χ2n) is 4.09. The zero-order valence-corrected chi connectivity index (χ0v) is 10.2. The van der Waals surface area contributed by atoms with Crippen molar-refractivity contribution in [3.05, 3.63) is 29.6 Å². The third-order valence-electron chi connectivity index (χ3n) is 3.04. The third-order valence-corrected chi connectivity index (χ3v) is 3.04. The van der Waals surface area contributed by atoms with Crippen LogP contribution >= 0.6 is 0 Å². The van der Waals surface area contributed by atoms with Gasteiger partial charge >= 0.3 is 0 Å². The zero-order chi connectivity index (χ0) is 12.6. The molecule has 17 heavy (non-hydrogen) atoms. The highest BCUT2D eigenvalue weighted by molar-refractivity contribution is 5.84. The van der Waals surface area contributed by atoms with E-state index >= 15 is 0 Å². The van der Waals surface area contributed by atoms with Gasteiger partial charge in [-0.25, -0.2) is 4.98 Å². The molecule has 0 aliphatic carbocycles. The lowest BCUT2D eigenvalue weighted by molar-refractivity contribution is -0.120. The minimum Gasteiger partial charge on any atom is -0.368 e. The van der Waals surface area contributed by atoms with Gasteiger partial charge in [0, 0.05) is 7.05 Å². The molecule has 2 rings (SSSR count). The van der Waals surface area contributed by atoms with Crippen LogP contribution in [0.25, 0.3) is 11.0 Å². The predicted octanol–water partition coefficient (Wildman–Crippen LogP) is 0.628. The van der Waals surface area contributed by atoms with Gasteiger partial charge in [0.1, 0.15) is 11.9 Å². The first-order chi connectivity index (χ1) is 8.04. The van der Waals surface area contributed by atoms with E-state index < -0.39 is 6.04 Å². The largest absolute Gasteiger partial charge is 0.368 e. The number of hydrogen-bond donors (Lipinski definition) is 2. The smallest absolute Gasteiger partial charge is 0.239 e. The first-order valence-electron chi connectivity index (χ1n) is 5.44. The van der Waals surface area contributed by atoms with Gasteiger partial charge in [-0.05, 0) is 31.7 Å². The van der Waals surface area contributed by atoms with Crippen LogP contribution in [0.3, 0.4) is 0 Å². The summed E-state index contributed by atoms with van der Waals surface area (Å²) in [7, 11) is 3.68. The summed E-state index contributed by atoms with van der Waals surface area (Å²) in [5.74, 6) is 0.553. The van der Waals surface area contributed by atoms with Gasteiger partial charge in [-0.3, -0.25) is 4.79 Å². The maximum absolute atomic E-state index is 11.3. The van der Waals surface area contributed by atoms with Crippen molar-refractivity contribution >= 4 is 16.9 Å². The molecule has 2 aromatic rings. The molecule has 1 aromatic heterocycles. The van der Waals surface area contributed by atoms with Crippen LogP contribution < -0.4 is 11.1 Å². The lowest BCUT2D eigenvalue weighted by atomic mass is 10.1. The maximum atomic E-state index is 11.3. The number of nitrogens with one attached hydrogen (secondary N) is 1. The summed E-state index contributed by atoms with van der Waals surface area (Å²) >= 11 is 0. The topological polar surface area (TPSA) is 72.9 Å². The molecule has 5 heteroatoms. The Balaban J connectivity index is 2.54. The molecule has 5 nitrogen and oxygen atoms in total. The first-order valence-corrected chi connectivity index (χ1v) is 5.44. The molecular weight excluding hydrogens is 216 g/mol. The minimum atomic E-state index is -0.471. The van der Waals surface area contributed by atoms with Crippen LogP contribution in [0.15, 0.2) is 18.2 Å². The summed E-state index contributed by atoms with van der Waals surface area (Å²) in [6.07, 6.45) is 0. The highest BCUT2D eigenvalue weighted by atomic mass is 16.1. The monoisotopic (exact) mass is 232 g/mol. The number of carbonyl (C=O) groups is 1. The molecule has 0 spiro atoms. The van der Waals surface area contributed by atoms with E-state index in [1.165, 1.54) is 0 Å². The van der Waals surface area contributed by atoms with Crippen LogP contribution in [0.2, 0.25) is 0 Å². The number of aryl methyl sites for hydroxylation is 2. The molecule has 3 N–H and O–H groups in total. The van der Waals surface area contributed by atoms with Crippen molar-refractivity contribution in [2.45, 2.75) is 13.0 Å². The molecule has 0 fully saturated rings. The van der Waals surface area contributed by atoms with E-state index in [1.54, 1.807) is 7.05 Å². The summed E-state index contributed by atoms with van der Waals surface area (Å²) in [6, 6.07) is 5.28. The van der Waals surface area contributed by atoms with E-state index in [1.807, 2.05) is 36.7 Å². The maximum Gasteiger partial charge on any atom is 0.239 e. The molecule has 1 unspecified atom stereocenters. The fourth-order valence-corrected chi connectivity index (χ4v) is 1.99. The molecule has 0 radical (unpaired) electrons. The average Bonchev–Trinajstić information content (AvgIpc) is 2.55. The van der Waals surface area contributed by atoms with Crippen molar-refractivity contribution in [2.24, 2.45) is 12.8 Å². The second kappa shape index (κ2) is 4.18. The Hall–Kier alpha value is -1.88. The van der Waals surface area contributed by atoms with Gasteiger partial charge in [0.05, 0.1) is 11.0 Å². The van der Waals surface area contributed by atoms with Crippen LogP contribution in [0.1, 0.15) is 17.4 Å². The van der Waals surface area contributed by atoms with Crippen LogP contribution in [-0.2, 0) is 11.8 Å². The lowest BCUT2D eigenvalue weighted by Crippen LogP contribution is -2.31. The van der Waals surface area contributed by atoms with Crippen LogP contribution in [0.4, 0.5) is 0 Å². The molecule has 90 valence electrons. The Kier molecular flexibility index (Phi) is 2.85. The lowest BCUT2D eigenvalue weighted by Gasteiger charge is -2.12. The zero-order valence-electron chi connectivity index (χ0n) is 10.2. The molecule has 1 heterocycles. The summed E-state index contributed by atoms with van der Waals surface area (Å²) in [6.45, 7) is 1.95. The van der Waals surface area contributed by atoms with Gasteiger partial charge in [0.25, 0.3) is 0 Å². The van der Waals surface area contributed by atoms with Gasteiger partial charge in [0.2, 0.25) is 5.91 Å². The Bertz CT molecular complexity index is 573. The minimum absolute atomic E-state index is 0.389. The summed E-state index contributed by atoms with van der Waals surface area (Å²) < 4.78 is 2.01. The van der Waals surface area contributed by atoms with Gasteiger partial charge in [-0.1, -0.05) is 6.07 Å². The highest BCUT2D eigenvalue weighted by Crippen LogP contribution is 2.20. The van der Waals surface area contributed by atoms with Crippen LogP contribution in [-0.4, -0.2) is 22.5 Å². The van der Waals surface area contributed by atoms with Gasteiger partial charge in [0.15, 0.2) is 0 Å². The number of carbonyl (C=O) groups excluding carboxylic acids is 1. The van der Waals surface area contributed by atoms with Crippen molar-refractivity contribution in [3.8, 4) is 0 Å². The van der Waals surface area contributed by atoms with Crippen molar-refractivity contribution < 1.29 is 4.79 Å². The molecule has 0 bridgehead atoms. The van der Waals surface area contributed by atoms with Crippen molar-refractivity contribution in [3.63, 3.8) is 0 Å². The Morgan fingerprint density at radius 1 is 1.53 bits per heavy atom. The molecule has 1 aromatic carbocycles. The number of amides is 1. The summed E-state index contributed by atoms with van der Waals surface area (Å²) in [4.78, 5) is 15.7. The number of nitrogens with zero attached hydrogens (tertiary/aromatic N) is 2. The summed E-state index contributed by atoms with van der Waals surface area (Å²) in [5, 5.41) is 2.89. The van der Waals surface area contributed by atoms with Crippen LogP contribution in [0, 0.1) is 6.92 Å². The van der Waals surface area contributed by atoms with Crippen molar-refractivity contribution in [1.29, 1.82) is 0 Å². The standard InChI is InChI=1S/C12H16N4O/c1-7-15-9-6-8(11(14-2)12(13)17)4-5-10(9)16(7)3/h4-6,11,14H,1-3H3,(H2,13,17). The fraction of sp³-hybridized carbons (Fsp3) is 0.333. The van der Waals surface area contributed by atoms with Crippen LogP contribution in [0.5, 0.6) is 0 Å².